The van der Waals surface area contributed by atoms with Crippen LogP contribution in [0.25, 0.3) is 0 Å². The number of likely N-dealkylation sites (N-methyl/N-ethyl adjacent to an activating group) is 1. The topological polar surface area (TPSA) is 66.8 Å². The number of aliphatic hydroxyl groups excluding tert-OH is 1. The number of unbranched alkanes of at least 4 members (excludes halogenated alkanes) is 15. The Labute approximate surface area is 193 Å². The first-order valence-electron chi connectivity index (χ1n) is 13.3. The van der Waals surface area contributed by atoms with Crippen LogP contribution in [0.1, 0.15) is 116 Å². The van der Waals surface area contributed by atoms with Crippen LogP contribution in [0.3, 0.4) is 0 Å². The van der Waals surface area contributed by atoms with Crippen molar-refractivity contribution in [3.8, 4) is 0 Å². The van der Waals surface area contributed by atoms with Crippen molar-refractivity contribution in [2.75, 3.05) is 46.5 Å². The summed E-state index contributed by atoms with van der Waals surface area (Å²) >= 11 is 0. The molecule has 0 amide bonds. The van der Waals surface area contributed by atoms with Crippen LogP contribution in [-0.4, -0.2) is 67.2 Å². The minimum atomic E-state index is -0.819. The fourth-order valence-corrected chi connectivity index (χ4v) is 4.16. The summed E-state index contributed by atoms with van der Waals surface area (Å²) in [4.78, 5) is 10.5. The van der Waals surface area contributed by atoms with Crippen LogP contribution in [0.15, 0.2) is 0 Å². The van der Waals surface area contributed by atoms with E-state index in [1.807, 2.05) is 0 Å². The predicted molar refractivity (Wildman–Crippen MR) is 130 cm³/mol. The summed E-state index contributed by atoms with van der Waals surface area (Å²) in [5.41, 5.74) is 0. The summed E-state index contributed by atoms with van der Waals surface area (Å²) in [6.07, 6.45) is 22.1. The number of carboxylic acids is 1. The molecule has 0 aliphatic heterocycles. The van der Waals surface area contributed by atoms with Gasteiger partial charge in [-0.2, -0.15) is 0 Å². The zero-order valence-corrected chi connectivity index (χ0v) is 20.9. The summed E-state index contributed by atoms with van der Waals surface area (Å²) in [7, 11) is 2.17. The summed E-state index contributed by atoms with van der Waals surface area (Å²) in [6, 6.07) is 0. The Hall–Kier alpha value is -0.650. The molecule has 0 aliphatic carbocycles. The highest BCUT2D eigenvalue weighted by molar-refractivity contribution is 5.66. The maximum absolute atomic E-state index is 10.5. The van der Waals surface area contributed by atoms with Crippen LogP contribution in [0.2, 0.25) is 0 Å². The molecular weight excluding hydrogens is 390 g/mol. The predicted octanol–water partition coefficient (Wildman–Crippen LogP) is 6.18. The minimum Gasteiger partial charge on any atom is -0.481 e. The second kappa shape index (κ2) is 22.5. The van der Waals surface area contributed by atoms with Gasteiger partial charge in [-0.3, -0.25) is 4.79 Å². The fraction of sp³-hybridized carbons (Fsp3) is 0.962. The second-order valence-corrected chi connectivity index (χ2v) is 9.57. The molecule has 0 aromatic carbocycles. The molecule has 1 unspecified atom stereocenters. The molecule has 0 saturated heterocycles. The number of hydrogen-bond donors (Lipinski definition) is 2. The Balaban J connectivity index is 3.49. The lowest BCUT2D eigenvalue weighted by atomic mass is 10.0. The summed E-state index contributed by atoms with van der Waals surface area (Å²) < 4.78 is 6.25. The molecule has 5 heteroatoms. The SMILES string of the molecule is CCCCCCCCCCCCCCCCCC[N+](C)(CCO)CCOCCC(=O)O. The molecule has 0 heterocycles. The average Bonchev–Trinajstić information content (AvgIpc) is 2.73. The molecule has 1 atom stereocenters. The average molecular weight is 445 g/mol. The number of hydrogen-bond acceptors (Lipinski definition) is 3. The van der Waals surface area contributed by atoms with E-state index in [0.29, 0.717) is 6.61 Å². The van der Waals surface area contributed by atoms with Gasteiger partial charge in [-0.05, 0) is 12.8 Å². The number of aliphatic hydroxyl groups is 1. The van der Waals surface area contributed by atoms with Crippen molar-refractivity contribution in [1.29, 1.82) is 0 Å². The number of carbonyl (C=O) groups is 1. The zero-order valence-electron chi connectivity index (χ0n) is 20.9. The maximum atomic E-state index is 10.5. The first kappa shape index (κ1) is 30.4. The lowest BCUT2D eigenvalue weighted by Crippen LogP contribution is -2.49. The van der Waals surface area contributed by atoms with E-state index in [1.54, 1.807) is 0 Å². The molecule has 186 valence electrons. The van der Waals surface area contributed by atoms with Crippen molar-refractivity contribution in [2.24, 2.45) is 0 Å². The van der Waals surface area contributed by atoms with Gasteiger partial charge in [0.2, 0.25) is 0 Å². The van der Waals surface area contributed by atoms with Crippen LogP contribution in [0, 0.1) is 0 Å². The Morgan fingerprint density at radius 3 is 1.55 bits per heavy atom. The summed E-state index contributed by atoms with van der Waals surface area (Å²) in [5, 5.41) is 18.0. The standard InChI is InChI=1S/C26H53NO4/c1-3-4-5-6-7-8-9-10-11-12-13-14-15-16-17-18-20-27(2,21-23-28)22-25-31-24-19-26(29)30/h28H,3-25H2,1-2H3/p+1. The first-order valence-corrected chi connectivity index (χ1v) is 13.3. The van der Waals surface area contributed by atoms with E-state index in [0.717, 1.165) is 24.1 Å². The summed E-state index contributed by atoms with van der Waals surface area (Å²) in [5.74, 6) is -0.819. The van der Waals surface area contributed by atoms with E-state index in [9.17, 15) is 9.90 Å². The van der Waals surface area contributed by atoms with E-state index in [4.69, 9.17) is 9.84 Å². The van der Waals surface area contributed by atoms with Gasteiger partial charge in [0.05, 0.1) is 39.8 Å². The van der Waals surface area contributed by atoms with Crippen molar-refractivity contribution in [3.05, 3.63) is 0 Å². The van der Waals surface area contributed by atoms with Gasteiger partial charge < -0.3 is 19.4 Å². The number of ether oxygens (including phenoxy) is 1. The fourth-order valence-electron chi connectivity index (χ4n) is 4.16. The van der Waals surface area contributed by atoms with Gasteiger partial charge in [-0.15, -0.1) is 0 Å². The number of rotatable bonds is 25. The third kappa shape index (κ3) is 22.3. The lowest BCUT2D eigenvalue weighted by molar-refractivity contribution is -0.910. The zero-order chi connectivity index (χ0) is 23.0. The van der Waals surface area contributed by atoms with Crippen LogP contribution in [0.5, 0.6) is 0 Å². The van der Waals surface area contributed by atoms with Gasteiger partial charge in [0.15, 0.2) is 0 Å². The van der Waals surface area contributed by atoms with E-state index < -0.39 is 5.97 Å². The molecule has 0 aromatic rings. The molecule has 0 aromatic heterocycles. The monoisotopic (exact) mass is 444 g/mol. The van der Waals surface area contributed by atoms with E-state index in [2.05, 4.69) is 14.0 Å². The molecule has 5 nitrogen and oxygen atoms in total. The molecule has 0 radical (unpaired) electrons. The van der Waals surface area contributed by atoms with E-state index >= 15 is 0 Å². The molecule has 31 heavy (non-hydrogen) atoms. The normalized spacial score (nSPS) is 13.4. The highest BCUT2D eigenvalue weighted by Crippen LogP contribution is 2.14. The van der Waals surface area contributed by atoms with Gasteiger partial charge in [0, 0.05) is 0 Å². The number of nitrogens with zero attached hydrogens (tertiary/aromatic N) is 1. The minimum absolute atomic E-state index is 0.0584. The smallest absolute Gasteiger partial charge is 0.305 e. The first-order chi connectivity index (χ1) is 15.0. The quantitative estimate of drug-likeness (QED) is 0.130. The Kier molecular flexibility index (Phi) is 22.1. The molecule has 0 aliphatic rings. The molecule has 0 spiro atoms. The van der Waals surface area contributed by atoms with Gasteiger partial charge in [-0.25, -0.2) is 0 Å². The molecule has 0 saturated carbocycles. The van der Waals surface area contributed by atoms with Crippen LogP contribution < -0.4 is 0 Å². The van der Waals surface area contributed by atoms with Crippen LogP contribution >= 0.6 is 0 Å². The van der Waals surface area contributed by atoms with E-state index in [-0.39, 0.29) is 19.6 Å². The third-order valence-corrected chi connectivity index (χ3v) is 6.43. The largest absolute Gasteiger partial charge is 0.481 e. The van der Waals surface area contributed by atoms with Gasteiger partial charge in [0.25, 0.3) is 0 Å². The van der Waals surface area contributed by atoms with Gasteiger partial charge in [0.1, 0.15) is 13.1 Å². The highest BCUT2D eigenvalue weighted by Gasteiger charge is 2.20. The van der Waals surface area contributed by atoms with Gasteiger partial charge >= 0.3 is 5.97 Å². The Morgan fingerprint density at radius 2 is 1.13 bits per heavy atom. The molecular formula is C26H54NO4+. The van der Waals surface area contributed by atoms with Crippen molar-refractivity contribution in [3.63, 3.8) is 0 Å². The van der Waals surface area contributed by atoms with Crippen LogP contribution in [-0.2, 0) is 9.53 Å². The number of aliphatic carboxylic acids is 1. The van der Waals surface area contributed by atoms with Crippen molar-refractivity contribution >= 4 is 5.97 Å². The third-order valence-electron chi connectivity index (χ3n) is 6.43. The van der Waals surface area contributed by atoms with E-state index in [1.165, 1.54) is 103 Å². The molecule has 0 bridgehead atoms. The van der Waals surface area contributed by atoms with Crippen molar-refractivity contribution in [2.45, 2.75) is 116 Å². The lowest BCUT2D eigenvalue weighted by Gasteiger charge is -2.34. The number of carboxylic acid groups (broad SMARTS) is 1. The highest BCUT2D eigenvalue weighted by atomic mass is 16.5. The van der Waals surface area contributed by atoms with Crippen molar-refractivity contribution in [1.82, 2.24) is 0 Å². The Bertz CT molecular complexity index is 392. The van der Waals surface area contributed by atoms with Crippen molar-refractivity contribution < 1.29 is 24.2 Å². The maximum Gasteiger partial charge on any atom is 0.305 e. The molecule has 2 N–H and O–H groups in total. The Morgan fingerprint density at radius 1 is 0.677 bits per heavy atom. The number of quaternary nitrogens is 1. The second-order valence-electron chi connectivity index (χ2n) is 9.57. The van der Waals surface area contributed by atoms with Crippen LogP contribution in [0.4, 0.5) is 0 Å². The molecule has 0 fully saturated rings. The molecule has 0 rings (SSSR count). The summed E-state index contributed by atoms with van der Waals surface area (Å²) in [6.45, 7) is 5.92. The van der Waals surface area contributed by atoms with Gasteiger partial charge in [-0.1, -0.05) is 96.8 Å².